The zero-order valence-electron chi connectivity index (χ0n) is 52.1. The minimum atomic E-state index is -4.34. The second-order valence-electron chi connectivity index (χ2n) is 23.4. The number of halogens is 3. The van der Waals surface area contributed by atoms with Crippen LogP contribution in [0.3, 0.4) is 0 Å². The molecule has 6 aliphatic heterocycles. The Balaban J connectivity index is 0.000000185. The highest BCUT2D eigenvalue weighted by Crippen LogP contribution is 2.35. The number of hydrogen-bond donors (Lipinski definition) is 0. The van der Waals surface area contributed by atoms with Crippen molar-refractivity contribution < 1.29 is 27.5 Å². The molecule has 0 unspecified atom stereocenters. The van der Waals surface area contributed by atoms with E-state index in [0.29, 0.717) is 18.8 Å². The summed E-state index contributed by atoms with van der Waals surface area (Å²) >= 11 is 0. The summed E-state index contributed by atoms with van der Waals surface area (Å²) in [6.45, 7) is 40.5. The van der Waals surface area contributed by atoms with Crippen LogP contribution in [0.5, 0.6) is 0 Å². The molecule has 464 valence electrons. The number of alkyl halides is 3. The second-order valence-corrected chi connectivity index (χ2v) is 23.4. The van der Waals surface area contributed by atoms with E-state index in [-0.39, 0.29) is 23.4 Å². The highest BCUT2D eigenvalue weighted by Gasteiger charge is 2.36. The van der Waals surface area contributed by atoms with E-state index in [1.54, 1.807) is 22.9 Å². The first kappa shape index (κ1) is 68.5. The Kier molecular flexibility index (Phi) is 28.3. The van der Waals surface area contributed by atoms with Crippen LogP contribution in [0.4, 0.5) is 41.1 Å². The summed E-state index contributed by atoms with van der Waals surface area (Å²) in [7, 11) is 12.6. The van der Waals surface area contributed by atoms with E-state index < -0.39 is 11.7 Å². The van der Waals surface area contributed by atoms with Crippen molar-refractivity contribution in [3.8, 4) is 0 Å². The lowest BCUT2D eigenvalue weighted by Crippen LogP contribution is -2.48. The SMILES string of the molecule is CC(=O)N1CCN(C)CC1.CN1CCN(C(=O)OC(C)(C)C)CC1.CN1CCN(Cc2ccccn2)CC1.CN1CCN(c2ncccc2C(F)(F)F)CC1.Cc1ccnc(N2CCN(C)CC2)c1.[C-]#[N+]c1cccnc1N1CCN(C)CC1. The quantitative estimate of drug-likeness (QED) is 0.211. The maximum Gasteiger partial charge on any atom is 0.419 e. The summed E-state index contributed by atoms with van der Waals surface area (Å²) in [6.07, 6.45) is 2.39. The van der Waals surface area contributed by atoms with Crippen LogP contribution in [-0.2, 0) is 22.3 Å². The second kappa shape index (κ2) is 34.6. The molecule has 0 aliphatic carbocycles. The van der Waals surface area contributed by atoms with E-state index in [0.717, 1.165) is 155 Å². The van der Waals surface area contributed by atoms with Gasteiger partial charge in [0.15, 0.2) is 0 Å². The Morgan fingerprint density at radius 2 is 0.964 bits per heavy atom. The molecule has 6 aliphatic rings. The van der Waals surface area contributed by atoms with Crippen LogP contribution in [0.25, 0.3) is 4.85 Å². The van der Waals surface area contributed by atoms with Crippen molar-refractivity contribution >= 4 is 35.1 Å². The normalized spacial score (nSPS) is 19.0. The Bertz CT molecular complexity index is 2560. The molecule has 0 spiro atoms. The number of anilines is 3. The monoisotopic (exact) mass is 1170 g/mol. The van der Waals surface area contributed by atoms with Crippen molar-refractivity contribution in [3.63, 3.8) is 0 Å². The molecular formula is C61H96F3N17O3. The summed E-state index contributed by atoms with van der Waals surface area (Å²) in [5.41, 5.74) is 2.08. The zero-order chi connectivity index (χ0) is 61.2. The number of carbonyl (C=O) groups excluding carboxylic acids is 2. The average molecular weight is 1170 g/mol. The van der Waals surface area contributed by atoms with Gasteiger partial charge in [-0.2, -0.15) is 13.2 Å². The van der Waals surface area contributed by atoms with Crippen LogP contribution in [0.2, 0.25) is 0 Å². The van der Waals surface area contributed by atoms with Crippen LogP contribution >= 0.6 is 0 Å². The standard InChI is InChI=1S/C11H14F3N3.C11H14N4.2C11H17N3.C10H20N2O2.C7H14N2O/c1-16-5-7-17(8-6-16)10-9(11(12,13)14)3-2-4-15-10;1-12-10-4-3-5-13-11(10)15-8-6-14(2)7-9-15;1-10-3-4-12-11(9-10)14-7-5-13(2)6-8-14;1-13-6-8-14(9-7-13)10-11-4-2-3-5-12-11;1-10(2,3)14-9(13)12-7-5-11(4)6-8-12;1-7(10)9-5-3-8(2)4-6-9/h2-4H,5-8H2,1H3;3-5H,6-9H2,2H3;3-4,9H,5-8H2,1-2H3;2-5H,6-10H2,1H3;5-8H2,1-4H3;3-6H2,1-2H3. The van der Waals surface area contributed by atoms with Gasteiger partial charge >= 0.3 is 12.3 Å². The van der Waals surface area contributed by atoms with Gasteiger partial charge in [0.2, 0.25) is 11.6 Å². The number of ether oxygens (including phenoxy) is 1. The fraction of sp³-hybridized carbons (Fsp3) is 0.623. The molecule has 10 rings (SSSR count). The number of aryl methyl sites for hydroxylation is 1. The van der Waals surface area contributed by atoms with E-state index in [1.807, 2.05) is 69.4 Å². The average Bonchev–Trinajstić information content (AvgIpc) is 3.60. The lowest BCUT2D eigenvalue weighted by atomic mass is 10.2. The number of aromatic nitrogens is 4. The first-order chi connectivity index (χ1) is 40.0. The molecule has 23 heteroatoms. The largest absolute Gasteiger partial charge is 0.444 e. The molecule has 10 heterocycles. The van der Waals surface area contributed by atoms with Crippen LogP contribution in [-0.4, -0.2) is 281 Å². The maximum absolute atomic E-state index is 12.8. The summed E-state index contributed by atoms with van der Waals surface area (Å²) in [4.78, 5) is 68.7. The van der Waals surface area contributed by atoms with Gasteiger partial charge in [-0.25, -0.2) is 19.6 Å². The molecule has 4 aromatic rings. The highest BCUT2D eigenvalue weighted by molar-refractivity contribution is 5.73. The number of piperazine rings is 6. The van der Waals surface area contributed by atoms with Gasteiger partial charge < -0.3 is 58.6 Å². The number of carbonyl (C=O) groups is 2. The van der Waals surface area contributed by atoms with Gasteiger partial charge in [0.1, 0.15) is 23.1 Å². The molecule has 6 fully saturated rings. The van der Waals surface area contributed by atoms with Gasteiger partial charge in [0, 0.05) is 195 Å². The Morgan fingerprint density at radius 3 is 1.42 bits per heavy atom. The van der Waals surface area contributed by atoms with Crippen molar-refractivity contribution in [3.05, 3.63) is 108 Å². The third-order valence-corrected chi connectivity index (χ3v) is 15.1. The van der Waals surface area contributed by atoms with Gasteiger partial charge in [-0.3, -0.25) is 19.7 Å². The van der Waals surface area contributed by atoms with E-state index in [4.69, 9.17) is 11.3 Å². The molecule has 0 bridgehead atoms. The van der Waals surface area contributed by atoms with E-state index in [1.165, 1.54) is 36.6 Å². The molecular weight excluding hydrogens is 1080 g/mol. The smallest absolute Gasteiger partial charge is 0.419 e. The molecule has 6 saturated heterocycles. The van der Waals surface area contributed by atoms with E-state index in [2.05, 4.69) is 129 Å². The Morgan fingerprint density at radius 1 is 0.524 bits per heavy atom. The van der Waals surface area contributed by atoms with Gasteiger partial charge in [0.05, 0.1) is 17.8 Å². The maximum atomic E-state index is 12.8. The van der Waals surface area contributed by atoms with Crippen molar-refractivity contribution in [2.75, 3.05) is 214 Å². The van der Waals surface area contributed by atoms with Crippen molar-refractivity contribution in [2.45, 2.75) is 52.9 Å². The predicted octanol–water partition coefficient (Wildman–Crippen LogP) is 6.16. The molecule has 2 amide bonds. The van der Waals surface area contributed by atoms with Crippen LogP contribution < -0.4 is 14.7 Å². The number of pyridine rings is 4. The molecule has 84 heavy (non-hydrogen) atoms. The minimum absolute atomic E-state index is 0.0492. The van der Waals surface area contributed by atoms with E-state index >= 15 is 0 Å². The van der Waals surface area contributed by atoms with Gasteiger partial charge in [-0.15, -0.1) is 0 Å². The van der Waals surface area contributed by atoms with Crippen LogP contribution in [0.15, 0.2) is 79.4 Å². The van der Waals surface area contributed by atoms with Crippen molar-refractivity contribution in [1.29, 1.82) is 0 Å². The number of hydrogen-bond acceptors (Lipinski definition) is 17. The Hall–Kier alpha value is -6.26. The van der Waals surface area contributed by atoms with Crippen LogP contribution in [0, 0.1) is 13.5 Å². The van der Waals surface area contributed by atoms with Crippen LogP contribution in [0.1, 0.15) is 44.5 Å². The summed E-state index contributed by atoms with van der Waals surface area (Å²) in [5.74, 6) is 2.21. The molecule has 0 saturated carbocycles. The fourth-order valence-corrected chi connectivity index (χ4v) is 9.52. The lowest BCUT2D eigenvalue weighted by Gasteiger charge is -2.34. The summed E-state index contributed by atoms with van der Waals surface area (Å²) in [5, 5.41) is 0. The number of rotatable bonds is 5. The minimum Gasteiger partial charge on any atom is -0.444 e. The lowest BCUT2D eigenvalue weighted by molar-refractivity contribution is -0.137. The molecule has 4 aromatic heterocycles. The Labute approximate surface area is 499 Å². The topological polar surface area (TPSA) is 138 Å². The third-order valence-electron chi connectivity index (χ3n) is 15.1. The molecule has 0 N–H and O–H groups in total. The van der Waals surface area contributed by atoms with Gasteiger partial charge in [0.25, 0.3) is 0 Å². The zero-order valence-corrected chi connectivity index (χ0v) is 52.1. The molecule has 0 aromatic carbocycles. The first-order valence-electron chi connectivity index (χ1n) is 29.5. The number of likely N-dealkylation sites (N-methyl/N-ethyl adjacent to an activating group) is 6. The summed E-state index contributed by atoms with van der Waals surface area (Å²) < 4.78 is 43.7. The van der Waals surface area contributed by atoms with E-state index in [9.17, 15) is 22.8 Å². The first-order valence-corrected chi connectivity index (χ1v) is 29.5. The number of amides is 2. The predicted molar refractivity (Wildman–Crippen MR) is 330 cm³/mol. The number of nitrogens with zero attached hydrogens (tertiary/aromatic N) is 17. The molecule has 20 nitrogen and oxygen atoms in total. The van der Waals surface area contributed by atoms with Gasteiger partial charge in [-0.05, 0) is 112 Å². The van der Waals surface area contributed by atoms with Crippen molar-refractivity contribution in [2.24, 2.45) is 0 Å². The molecule has 0 radical (unpaired) electrons. The van der Waals surface area contributed by atoms with Crippen molar-refractivity contribution in [1.82, 2.24) is 64.0 Å². The van der Waals surface area contributed by atoms with Gasteiger partial charge in [-0.1, -0.05) is 18.2 Å². The summed E-state index contributed by atoms with van der Waals surface area (Å²) in [6, 6.07) is 16.4. The molecule has 0 atom stereocenters. The highest BCUT2D eigenvalue weighted by atomic mass is 19.4. The third kappa shape index (κ3) is 24.8. The fourth-order valence-electron chi connectivity index (χ4n) is 9.52.